The molecule has 0 spiro atoms. The van der Waals surface area contributed by atoms with Crippen LogP contribution in [-0.2, 0) is 32.0 Å². The van der Waals surface area contributed by atoms with Crippen LogP contribution in [-0.4, -0.2) is 85.5 Å². The zero-order chi connectivity index (χ0) is 26.0. The number of phenolic OH excluding ortho intramolecular Hbond substituents is 1. The molecule has 4 unspecified atom stereocenters. The molecule has 4 atom stereocenters. The molecule has 35 heavy (non-hydrogen) atoms. The van der Waals surface area contributed by atoms with E-state index in [4.69, 9.17) is 5.73 Å². The zero-order valence-electron chi connectivity index (χ0n) is 18.5. The molecule has 190 valence electrons. The van der Waals surface area contributed by atoms with E-state index in [0.29, 0.717) is 11.3 Å². The fourth-order valence-corrected chi connectivity index (χ4v) is 3.16. The van der Waals surface area contributed by atoms with Crippen LogP contribution in [0.15, 0.2) is 36.8 Å². The summed E-state index contributed by atoms with van der Waals surface area (Å²) in [6.07, 6.45) is 2.71. The number of aliphatic hydroxyl groups excluding tert-OH is 1. The van der Waals surface area contributed by atoms with Gasteiger partial charge in [-0.3, -0.25) is 14.4 Å². The summed E-state index contributed by atoms with van der Waals surface area (Å²) in [4.78, 5) is 56.1. The number of amides is 3. The minimum atomic E-state index is -1.50. The fraction of sp³-hybridized carbons (Fsp3) is 0.381. The number of carboxylic acid groups (broad SMARTS) is 1. The predicted molar refractivity (Wildman–Crippen MR) is 126 cm³/mol. The number of imidazole rings is 1. The Bertz CT molecular complexity index is 1000. The van der Waals surface area contributed by atoms with Crippen LogP contribution in [0, 0.1) is 0 Å². The van der Waals surface area contributed by atoms with Crippen molar-refractivity contribution in [2.24, 2.45) is 5.73 Å². The van der Waals surface area contributed by atoms with Crippen LogP contribution in [0.3, 0.4) is 0 Å². The number of aromatic nitrogens is 2. The Kier molecular flexibility index (Phi) is 10.5. The van der Waals surface area contributed by atoms with E-state index in [9.17, 15) is 34.5 Å². The molecule has 1 aromatic carbocycles. The maximum atomic E-state index is 12.9. The minimum Gasteiger partial charge on any atom is -0.508 e. The molecule has 1 aromatic heterocycles. The molecule has 2 aromatic rings. The number of aromatic hydroxyl groups is 1. The average Bonchev–Trinajstić information content (AvgIpc) is 3.35. The third-order valence-corrected chi connectivity index (χ3v) is 5.35. The highest BCUT2D eigenvalue weighted by Crippen LogP contribution is 2.11. The van der Waals surface area contributed by atoms with Crippen molar-refractivity contribution in [3.05, 3.63) is 48.0 Å². The first-order chi connectivity index (χ1) is 16.6. The second kappa shape index (κ2) is 13.3. The number of carbonyl (C=O) groups is 4. The second-order valence-electron chi connectivity index (χ2n) is 7.64. The standard InChI is InChI=1S/C21H28N6O7S/c22-14(9-35)18(30)25-15(6-12-7-23-10-24-12)19(31)27-17(8-28)20(32)26-16(21(33)34)5-11-1-3-13(29)4-2-11/h1-4,7,10,14-17,28-29,35H,5-6,8-9,22H2,(H,23,24)(H,25,30)(H,26,32)(H,27,31)(H,33,34). The maximum Gasteiger partial charge on any atom is 0.326 e. The lowest BCUT2D eigenvalue weighted by molar-refractivity contribution is -0.142. The van der Waals surface area contributed by atoms with Gasteiger partial charge in [0.1, 0.15) is 23.9 Å². The van der Waals surface area contributed by atoms with Crippen molar-refractivity contribution in [1.82, 2.24) is 25.9 Å². The first kappa shape index (κ1) is 27.6. The monoisotopic (exact) mass is 508 g/mol. The summed E-state index contributed by atoms with van der Waals surface area (Å²) in [6, 6.07) is 0.727. The van der Waals surface area contributed by atoms with Gasteiger partial charge in [-0.2, -0.15) is 12.6 Å². The van der Waals surface area contributed by atoms with Gasteiger partial charge < -0.3 is 42.0 Å². The predicted octanol–water partition coefficient (Wildman–Crippen LogP) is -2.31. The number of carbonyl (C=O) groups excluding carboxylic acids is 3. The van der Waals surface area contributed by atoms with Gasteiger partial charge in [-0.1, -0.05) is 12.1 Å². The number of phenols is 1. The maximum absolute atomic E-state index is 12.9. The normalized spacial score (nSPS) is 14.3. The van der Waals surface area contributed by atoms with E-state index >= 15 is 0 Å². The molecular weight excluding hydrogens is 480 g/mol. The highest BCUT2D eigenvalue weighted by Gasteiger charge is 2.30. The van der Waals surface area contributed by atoms with Crippen LogP contribution >= 0.6 is 12.6 Å². The quantitative estimate of drug-likeness (QED) is 0.132. The molecular formula is C21H28N6O7S. The number of nitrogens with two attached hydrogens (primary N) is 1. The number of aromatic amines is 1. The van der Waals surface area contributed by atoms with Crippen molar-refractivity contribution < 1.29 is 34.5 Å². The summed E-state index contributed by atoms with van der Waals surface area (Å²) in [5.74, 6) is -3.70. The molecule has 0 aliphatic heterocycles. The Labute approximate surface area is 205 Å². The molecule has 0 bridgehead atoms. The smallest absolute Gasteiger partial charge is 0.326 e. The van der Waals surface area contributed by atoms with E-state index in [0.717, 1.165) is 0 Å². The molecule has 0 saturated carbocycles. The van der Waals surface area contributed by atoms with Crippen LogP contribution in [0.1, 0.15) is 11.3 Å². The van der Waals surface area contributed by atoms with E-state index in [-0.39, 0.29) is 24.3 Å². The number of nitrogens with zero attached hydrogens (tertiary/aromatic N) is 1. The highest BCUT2D eigenvalue weighted by molar-refractivity contribution is 7.80. The van der Waals surface area contributed by atoms with Gasteiger partial charge >= 0.3 is 5.97 Å². The van der Waals surface area contributed by atoms with Crippen molar-refractivity contribution in [2.75, 3.05) is 12.4 Å². The third-order valence-electron chi connectivity index (χ3n) is 4.95. The number of nitrogens with one attached hydrogen (secondary N) is 4. The van der Waals surface area contributed by atoms with E-state index in [1.165, 1.54) is 36.8 Å². The second-order valence-corrected chi connectivity index (χ2v) is 8.01. The van der Waals surface area contributed by atoms with Gasteiger partial charge in [0, 0.05) is 30.5 Å². The van der Waals surface area contributed by atoms with Gasteiger partial charge in [0.25, 0.3) is 0 Å². The van der Waals surface area contributed by atoms with Gasteiger partial charge in [-0.25, -0.2) is 9.78 Å². The first-order valence-electron chi connectivity index (χ1n) is 10.5. The molecule has 0 saturated heterocycles. The third kappa shape index (κ3) is 8.59. The van der Waals surface area contributed by atoms with E-state index in [1.54, 1.807) is 0 Å². The fourth-order valence-electron chi connectivity index (χ4n) is 2.99. The number of thiol groups is 1. The molecule has 14 heteroatoms. The van der Waals surface area contributed by atoms with Gasteiger partial charge in [0.05, 0.1) is 19.0 Å². The zero-order valence-corrected chi connectivity index (χ0v) is 19.4. The average molecular weight is 509 g/mol. The molecule has 0 fully saturated rings. The molecule has 1 heterocycles. The van der Waals surface area contributed by atoms with Crippen molar-refractivity contribution >= 4 is 36.3 Å². The summed E-state index contributed by atoms with van der Waals surface area (Å²) in [6.45, 7) is -0.829. The van der Waals surface area contributed by atoms with Crippen molar-refractivity contribution in [3.8, 4) is 5.75 Å². The number of aliphatic hydroxyl groups is 1. The summed E-state index contributed by atoms with van der Waals surface area (Å²) in [5, 5.41) is 35.6. The largest absolute Gasteiger partial charge is 0.508 e. The minimum absolute atomic E-state index is 0.000169. The van der Waals surface area contributed by atoms with Gasteiger partial charge in [0.15, 0.2) is 0 Å². The molecule has 2 rings (SSSR count). The molecule has 3 amide bonds. The number of hydrogen-bond acceptors (Lipinski definition) is 9. The van der Waals surface area contributed by atoms with Crippen LogP contribution < -0.4 is 21.7 Å². The number of carboxylic acids is 1. The topological polar surface area (TPSA) is 220 Å². The van der Waals surface area contributed by atoms with Gasteiger partial charge in [-0.15, -0.1) is 0 Å². The Morgan fingerprint density at radius 3 is 2.11 bits per heavy atom. The number of hydrogen-bond donors (Lipinski definition) is 9. The van der Waals surface area contributed by atoms with Gasteiger partial charge in [-0.05, 0) is 17.7 Å². The Balaban J connectivity index is 2.09. The molecule has 0 aliphatic rings. The lowest BCUT2D eigenvalue weighted by Crippen LogP contribution is -2.58. The lowest BCUT2D eigenvalue weighted by Gasteiger charge is -2.24. The molecule has 9 N–H and O–H groups in total. The Morgan fingerprint density at radius 2 is 1.57 bits per heavy atom. The van der Waals surface area contributed by atoms with Crippen molar-refractivity contribution in [2.45, 2.75) is 37.0 Å². The number of aliphatic carboxylic acids is 1. The number of H-pyrrole nitrogens is 1. The van der Waals surface area contributed by atoms with E-state index in [2.05, 4.69) is 38.5 Å². The lowest BCUT2D eigenvalue weighted by atomic mass is 10.1. The van der Waals surface area contributed by atoms with Crippen LogP contribution in [0.2, 0.25) is 0 Å². The van der Waals surface area contributed by atoms with Crippen LogP contribution in [0.4, 0.5) is 0 Å². The summed E-state index contributed by atoms with van der Waals surface area (Å²) in [5.41, 5.74) is 6.69. The molecule has 0 radical (unpaired) electrons. The van der Waals surface area contributed by atoms with Crippen LogP contribution in [0.5, 0.6) is 5.75 Å². The summed E-state index contributed by atoms with van der Waals surface area (Å²) < 4.78 is 0. The molecule has 13 nitrogen and oxygen atoms in total. The molecule has 0 aliphatic carbocycles. The van der Waals surface area contributed by atoms with Crippen molar-refractivity contribution in [1.29, 1.82) is 0 Å². The Morgan fingerprint density at radius 1 is 0.971 bits per heavy atom. The van der Waals surface area contributed by atoms with E-state index < -0.39 is 54.5 Å². The first-order valence-corrected chi connectivity index (χ1v) is 11.1. The van der Waals surface area contributed by atoms with Gasteiger partial charge in [0.2, 0.25) is 17.7 Å². The summed E-state index contributed by atoms with van der Waals surface area (Å²) >= 11 is 3.96. The van der Waals surface area contributed by atoms with Crippen molar-refractivity contribution in [3.63, 3.8) is 0 Å². The Hall–Kier alpha value is -3.62. The van der Waals surface area contributed by atoms with E-state index in [1.807, 2.05) is 0 Å². The SMILES string of the molecule is NC(CS)C(=O)NC(Cc1cnc[nH]1)C(=O)NC(CO)C(=O)NC(Cc1ccc(O)cc1)C(=O)O. The highest BCUT2D eigenvalue weighted by atomic mass is 32.1. The number of rotatable bonds is 13. The van der Waals surface area contributed by atoms with Crippen LogP contribution in [0.25, 0.3) is 0 Å². The summed E-state index contributed by atoms with van der Waals surface area (Å²) in [7, 11) is 0. The number of benzene rings is 1.